The van der Waals surface area contributed by atoms with Gasteiger partial charge in [-0.15, -0.1) is 0 Å². The van der Waals surface area contributed by atoms with Crippen LogP contribution >= 0.6 is 0 Å². The number of methoxy groups -OCH3 is 1. The fourth-order valence-electron chi connectivity index (χ4n) is 1.99. The first-order chi connectivity index (χ1) is 9.43. The first-order valence-corrected chi connectivity index (χ1v) is 6.17. The summed E-state index contributed by atoms with van der Waals surface area (Å²) in [7, 11) is 1.40. The molecule has 0 saturated carbocycles. The largest absolute Gasteiger partial charge is 0.508 e. The summed E-state index contributed by atoms with van der Waals surface area (Å²) in [5, 5.41) is 38.5. The number of hydrogen-bond acceptors (Lipinski definition) is 7. The minimum Gasteiger partial charge on any atom is -0.508 e. The number of phenols is 1. The molecule has 1 aromatic rings. The van der Waals surface area contributed by atoms with Gasteiger partial charge in [0.1, 0.15) is 24.1 Å². The van der Waals surface area contributed by atoms with Crippen molar-refractivity contribution in [2.45, 2.75) is 37.6 Å². The van der Waals surface area contributed by atoms with Crippen LogP contribution in [0, 0.1) is 0 Å². The van der Waals surface area contributed by atoms with E-state index in [1.54, 1.807) is 6.92 Å². The van der Waals surface area contributed by atoms with E-state index < -0.39 is 30.7 Å². The second-order valence-corrected chi connectivity index (χ2v) is 4.63. The molecular weight excluding hydrogens is 268 g/mol. The van der Waals surface area contributed by atoms with Crippen LogP contribution in [-0.4, -0.2) is 58.2 Å². The Morgan fingerprint density at radius 3 is 2.40 bits per heavy atom. The Kier molecular flexibility index (Phi) is 4.34. The van der Waals surface area contributed by atoms with Gasteiger partial charge in [0.05, 0.1) is 13.2 Å². The summed E-state index contributed by atoms with van der Waals surface area (Å²) in [5.74, 6) is 0.502. The van der Waals surface area contributed by atoms with Crippen LogP contribution in [0.4, 0.5) is 0 Å². The first kappa shape index (κ1) is 14.9. The van der Waals surface area contributed by atoms with E-state index in [1.807, 2.05) is 0 Å². The highest BCUT2D eigenvalue weighted by molar-refractivity contribution is 5.45. The van der Waals surface area contributed by atoms with Gasteiger partial charge in [-0.2, -0.15) is 0 Å². The predicted molar refractivity (Wildman–Crippen MR) is 67.6 cm³/mol. The average Bonchev–Trinajstić information content (AvgIpc) is 2.44. The van der Waals surface area contributed by atoms with Gasteiger partial charge in [-0.1, -0.05) is 0 Å². The third-order valence-electron chi connectivity index (χ3n) is 3.20. The summed E-state index contributed by atoms with van der Waals surface area (Å²) < 4.78 is 15.8. The number of phenolic OH excluding ortho intramolecular Hbond substituents is 1. The van der Waals surface area contributed by atoms with Gasteiger partial charge >= 0.3 is 0 Å². The van der Waals surface area contributed by atoms with Crippen LogP contribution < -0.4 is 9.47 Å². The van der Waals surface area contributed by atoms with Gasteiger partial charge in [0, 0.05) is 6.07 Å². The molecule has 1 saturated heterocycles. The number of aliphatic hydroxyl groups is 3. The number of aliphatic hydroxyl groups excluding tert-OH is 3. The number of ether oxygens (including phenoxy) is 3. The van der Waals surface area contributed by atoms with Crippen molar-refractivity contribution in [3.05, 3.63) is 18.2 Å². The molecule has 1 fully saturated rings. The van der Waals surface area contributed by atoms with Crippen molar-refractivity contribution in [1.82, 2.24) is 0 Å². The normalized spacial score (nSPS) is 33.8. The average molecular weight is 286 g/mol. The van der Waals surface area contributed by atoms with Crippen LogP contribution in [0.15, 0.2) is 18.2 Å². The molecule has 0 amide bonds. The van der Waals surface area contributed by atoms with E-state index in [9.17, 15) is 20.4 Å². The monoisotopic (exact) mass is 286 g/mol. The maximum absolute atomic E-state index is 9.85. The Hall–Kier alpha value is -1.54. The maximum Gasteiger partial charge on any atom is 0.229 e. The molecule has 112 valence electrons. The zero-order valence-electron chi connectivity index (χ0n) is 11.1. The Morgan fingerprint density at radius 2 is 1.75 bits per heavy atom. The highest BCUT2D eigenvalue weighted by Crippen LogP contribution is 2.33. The summed E-state index contributed by atoms with van der Waals surface area (Å²) in [6, 6.07) is 4.19. The number of hydrogen-bond donors (Lipinski definition) is 4. The summed E-state index contributed by atoms with van der Waals surface area (Å²) >= 11 is 0. The van der Waals surface area contributed by atoms with Crippen LogP contribution in [-0.2, 0) is 4.74 Å². The van der Waals surface area contributed by atoms with Gasteiger partial charge in [-0.25, -0.2) is 0 Å². The summed E-state index contributed by atoms with van der Waals surface area (Å²) in [4.78, 5) is 0. The second kappa shape index (κ2) is 5.84. The molecule has 0 aromatic heterocycles. The van der Waals surface area contributed by atoms with E-state index in [4.69, 9.17) is 14.2 Å². The van der Waals surface area contributed by atoms with Crippen LogP contribution in [0.5, 0.6) is 17.2 Å². The Balaban J connectivity index is 2.17. The van der Waals surface area contributed by atoms with Crippen LogP contribution in [0.2, 0.25) is 0 Å². The maximum atomic E-state index is 9.85. The van der Waals surface area contributed by atoms with Gasteiger partial charge in [0.2, 0.25) is 6.29 Å². The lowest BCUT2D eigenvalue weighted by molar-refractivity contribution is -0.268. The molecule has 5 atom stereocenters. The number of benzene rings is 1. The summed E-state index contributed by atoms with van der Waals surface area (Å²) in [6.07, 6.45) is -5.80. The Morgan fingerprint density at radius 1 is 1.05 bits per heavy atom. The minimum absolute atomic E-state index is 0.00290. The fraction of sp³-hybridized carbons (Fsp3) is 0.538. The van der Waals surface area contributed by atoms with Crippen molar-refractivity contribution in [2.75, 3.05) is 7.11 Å². The lowest BCUT2D eigenvalue weighted by Crippen LogP contribution is -2.58. The molecule has 0 bridgehead atoms. The van der Waals surface area contributed by atoms with Crippen molar-refractivity contribution < 1.29 is 34.6 Å². The third kappa shape index (κ3) is 2.80. The van der Waals surface area contributed by atoms with Gasteiger partial charge in [-0.3, -0.25) is 0 Å². The Bertz CT molecular complexity index is 464. The highest BCUT2D eigenvalue weighted by atomic mass is 16.7. The zero-order valence-corrected chi connectivity index (χ0v) is 11.1. The minimum atomic E-state index is -1.40. The van der Waals surface area contributed by atoms with E-state index in [0.717, 1.165) is 0 Å². The number of rotatable bonds is 3. The van der Waals surface area contributed by atoms with Crippen molar-refractivity contribution in [2.24, 2.45) is 0 Å². The van der Waals surface area contributed by atoms with Gasteiger partial charge < -0.3 is 34.6 Å². The standard InChI is InChI=1S/C13H18O7/c1-6-10(15)11(16)12(17)13(19-6)20-8-4-3-7(14)5-9(8)18-2/h3-6,10-17H,1-2H3. The van der Waals surface area contributed by atoms with Crippen molar-refractivity contribution >= 4 is 0 Å². The van der Waals surface area contributed by atoms with E-state index in [0.29, 0.717) is 0 Å². The molecule has 0 radical (unpaired) electrons. The van der Waals surface area contributed by atoms with Crippen LogP contribution in [0.3, 0.4) is 0 Å². The molecule has 0 spiro atoms. The van der Waals surface area contributed by atoms with Gasteiger partial charge in [0.15, 0.2) is 11.5 Å². The molecule has 2 rings (SSSR count). The lowest BCUT2D eigenvalue weighted by atomic mass is 10.00. The Labute approximate surface area is 115 Å². The first-order valence-electron chi connectivity index (χ1n) is 6.17. The van der Waals surface area contributed by atoms with E-state index in [1.165, 1.54) is 25.3 Å². The van der Waals surface area contributed by atoms with Gasteiger partial charge in [-0.05, 0) is 19.1 Å². The zero-order chi connectivity index (χ0) is 14.9. The van der Waals surface area contributed by atoms with Gasteiger partial charge in [0.25, 0.3) is 0 Å². The molecule has 0 aliphatic carbocycles. The second-order valence-electron chi connectivity index (χ2n) is 4.63. The van der Waals surface area contributed by atoms with Crippen LogP contribution in [0.25, 0.3) is 0 Å². The molecule has 5 unspecified atom stereocenters. The number of aromatic hydroxyl groups is 1. The van der Waals surface area contributed by atoms with Crippen LogP contribution in [0.1, 0.15) is 6.92 Å². The third-order valence-corrected chi connectivity index (χ3v) is 3.20. The van der Waals surface area contributed by atoms with E-state index in [2.05, 4.69) is 0 Å². The molecule has 20 heavy (non-hydrogen) atoms. The summed E-state index contributed by atoms with van der Waals surface area (Å²) in [6.45, 7) is 1.56. The highest BCUT2D eigenvalue weighted by Gasteiger charge is 2.43. The molecule has 1 aromatic carbocycles. The lowest BCUT2D eigenvalue weighted by Gasteiger charge is -2.39. The SMILES string of the molecule is COc1cc(O)ccc1OC1OC(C)C(O)C(O)C1O. The fourth-order valence-corrected chi connectivity index (χ4v) is 1.99. The van der Waals surface area contributed by atoms with Crippen molar-refractivity contribution in [3.8, 4) is 17.2 Å². The molecule has 7 nitrogen and oxygen atoms in total. The van der Waals surface area contributed by atoms with E-state index in [-0.39, 0.29) is 17.2 Å². The molecule has 4 N–H and O–H groups in total. The molecule has 7 heteroatoms. The molecular formula is C13H18O7. The van der Waals surface area contributed by atoms with E-state index >= 15 is 0 Å². The van der Waals surface area contributed by atoms with Crippen molar-refractivity contribution in [3.63, 3.8) is 0 Å². The van der Waals surface area contributed by atoms with Crippen molar-refractivity contribution in [1.29, 1.82) is 0 Å². The predicted octanol–water partition coefficient (Wildman–Crippen LogP) is -0.393. The molecule has 1 aliphatic rings. The smallest absolute Gasteiger partial charge is 0.229 e. The quantitative estimate of drug-likeness (QED) is 0.599. The summed E-state index contributed by atoms with van der Waals surface area (Å²) in [5.41, 5.74) is 0. The topological polar surface area (TPSA) is 109 Å². The molecule has 1 aliphatic heterocycles. The molecule has 1 heterocycles.